The summed E-state index contributed by atoms with van der Waals surface area (Å²) < 4.78 is 5.22. The van der Waals surface area contributed by atoms with Crippen LogP contribution in [0.1, 0.15) is 39.4 Å². The molecule has 1 rings (SSSR count). The van der Waals surface area contributed by atoms with Crippen molar-refractivity contribution >= 4 is 0 Å². The molecular weight excluding hydrogens is 202 g/mol. The largest absolute Gasteiger partial charge is 0.466 e. The Kier molecular flexibility index (Phi) is 5.03. The van der Waals surface area contributed by atoms with E-state index >= 15 is 0 Å². The van der Waals surface area contributed by atoms with Crippen molar-refractivity contribution in [2.45, 2.75) is 39.2 Å². The molecule has 3 heteroatoms. The first kappa shape index (κ1) is 13.3. The fourth-order valence-corrected chi connectivity index (χ4v) is 1.77. The van der Waals surface area contributed by atoms with Crippen molar-refractivity contribution in [3.05, 3.63) is 24.2 Å². The van der Waals surface area contributed by atoms with E-state index in [2.05, 4.69) is 19.2 Å². The fraction of sp³-hybridized carbons (Fsp3) is 0.692. The highest BCUT2D eigenvalue weighted by Crippen LogP contribution is 2.19. The second kappa shape index (κ2) is 6.06. The van der Waals surface area contributed by atoms with E-state index in [0.29, 0.717) is 18.2 Å². The lowest BCUT2D eigenvalue weighted by atomic mass is 10.0. The molecule has 92 valence electrons. The quantitative estimate of drug-likeness (QED) is 0.749. The maximum atomic E-state index is 10.2. The van der Waals surface area contributed by atoms with Crippen molar-refractivity contribution in [1.29, 1.82) is 0 Å². The Morgan fingerprint density at radius 1 is 1.44 bits per heavy atom. The molecule has 0 saturated carbocycles. The first-order chi connectivity index (χ1) is 7.60. The molecule has 0 spiro atoms. The summed E-state index contributed by atoms with van der Waals surface area (Å²) in [7, 11) is 0. The third-order valence-electron chi connectivity index (χ3n) is 3.11. The molecule has 0 aliphatic carbocycles. The minimum absolute atomic E-state index is 0.525. The molecule has 0 radical (unpaired) electrons. The van der Waals surface area contributed by atoms with Crippen molar-refractivity contribution in [3.63, 3.8) is 0 Å². The van der Waals surface area contributed by atoms with Crippen LogP contribution >= 0.6 is 0 Å². The number of hydrogen-bond acceptors (Lipinski definition) is 3. The Hall–Kier alpha value is -0.800. The lowest BCUT2D eigenvalue weighted by Crippen LogP contribution is -2.37. The van der Waals surface area contributed by atoms with Crippen LogP contribution in [0, 0.1) is 5.92 Å². The van der Waals surface area contributed by atoms with Gasteiger partial charge in [0, 0.05) is 6.54 Å². The first-order valence-corrected chi connectivity index (χ1v) is 6.07. The molecule has 1 aromatic rings. The van der Waals surface area contributed by atoms with E-state index in [0.717, 1.165) is 6.54 Å². The molecule has 0 aliphatic heterocycles. The third kappa shape index (κ3) is 3.65. The lowest BCUT2D eigenvalue weighted by molar-refractivity contribution is 0.0334. The monoisotopic (exact) mass is 225 g/mol. The smallest absolute Gasteiger partial charge is 0.136 e. The van der Waals surface area contributed by atoms with Gasteiger partial charge in [0.15, 0.2) is 0 Å². The summed E-state index contributed by atoms with van der Waals surface area (Å²) in [5, 5.41) is 13.5. The van der Waals surface area contributed by atoms with Gasteiger partial charge in [-0.05, 0) is 31.5 Å². The molecule has 3 nitrogen and oxygen atoms in total. The average Bonchev–Trinajstić information content (AvgIpc) is 2.78. The van der Waals surface area contributed by atoms with Crippen molar-refractivity contribution in [2.24, 2.45) is 5.92 Å². The normalized spacial score (nSPS) is 15.3. The van der Waals surface area contributed by atoms with Crippen LogP contribution in [0.5, 0.6) is 0 Å². The molecule has 0 bridgehead atoms. The predicted octanol–water partition coefficient (Wildman–Crippen LogP) is 2.51. The van der Waals surface area contributed by atoms with Gasteiger partial charge in [-0.25, -0.2) is 0 Å². The highest BCUT2D eigenvalue weighted by atomic mass is 16.4. The van der Waals surface area contributed by atoms with Gasteiger partial charge < -0.3 is 14.8 Å². The first-order valence-electron chi connectivity index (χ1n) is 6.07. The van der Waals surface area contributed by atoms with Gasteiger partial charge in [0.1, 0.15) is 11.4 Å². The number of furan rings is 1. The second-order valence-electron chi connectivity index (χ2n) is 4.56. The summed E-state index contributed by atoms with van der Waals surface area (Å²) in [6, 6.07) is 3.60. The molecule has 0 aromatic carbocycles. The van der Waals surface area contributed by atoms with Crippen LogP contribution < -0.4 is 5.32 Å². The number of rotatable bonds is 7. The molecule has 0 aliphatic rings. The molecule has 0 saturated heterocycles. The van der Waals surface area contributed by atoms with Crippen LogP contribution in [-0.4, -0.2) is 18.2 Å². The van der Waals surface area contributed by atoms with E-state index in [1.54, 1.807) is 25.3 Å². The molecule has 0 unspecified atom stereocenters. The zero-order chi connectivity index (χ0) is 12.0. The van der Waals surface area contributed by atoms with Gasteiger partial charge in [-0.1, -0.05) is 26.7 Å². The molecule has 16 heavy (non-hydrogen) atoms. The van der Waals surface area contributed by atoms with Crippen LogP contribution in [0.4, 0.5) is 0 Å². The van der Waals surface area contributed by atoms with E-state index in [1.807, 2.05) is 0 Å². The van der Waals surface area contributed by atoms with E-state index in [-0.39, 0.29) is 0 Å². The minimum atomic E-state index is -0.921. The van der Waals surface area contributed by atoms with Crippen molar-refractivity contribution in [1.82, 2.24) is 5.32 Å². The number of aliphatic hydroxyl groups is 1. The maximum Gasteiger partial charge on any atom is 0.136 e. The van der Waals surface area contributed by atoms with Crippen LogP contribution in [-0.2, 0) is 5.60 Å². The topological polar surface area (TPSA) is 45.4 Å². The predicted molar refractivity (Wildman–Crippen MR) is 65.2 cm³/mol. The Labute approximate surface area is 97.9 Å². The van der Waals surface area contributed by atoms with E-state index in [1.165, 1.54) is 12.8 Å². The summed E-state index contributed by atoms with van der Waals surface area (Å²) in [6.45, 7) is 7.63. The summed E-state index contributed by atoms with van der Waals surface area (Å²) >= 11 is 0. The van der Waals surface area contributed by atoms with Crippen molar-refractivity contribution < 1.29 is 9.52 Å². The van der Waals surface area contributed by atoms with E-state index < -0.39 is 5.60 Å². The van der Waals surface area contributed by atoms with Gasteiger partial charge in [-0.15, -0.1) is 0 Å². The number of hydrogen-bond donors (Lipinski definition) is 2. The Bertz CT molecular complexity index is 276. The highest BCUT2D eigenvalue weighted by molar-refractivity contribution is 5.08. The van der Waals surface area contributed by atoms with Gasteiger partial charge in [0.2, 0.25) is 0 Å². The van der Waals surface area contributed by atoms with E-state index in [9.17, 15) is 5.11 Å². The van der Waals surface area contributed by atoms with Crippen LogP contribution in [0.2, 0.25) is 0 Å². The third-order valence-corrected chi connectivity index (χ3v) is 3.11. The molecule has 0 amide bonds. The van der Waals surface area contributed by atoms with Gasteiger partial charge in [0.25, 0.3) is 0 Å². The van der Waals surface area contributed by atoms with Crippen LogP contribution in [0.25, 0.3) is 0 Å². The molecule has 2 N–H and O–H groups in total. The molecule has 1 heterocycles. The number of nitrogens with one attached hydrogen (secondary N) is 1. The Morgan fingerprint density at radius 3 is 2.62 bits per heavy atom. The molecule has 1 atom stereocenters. The fourth-order valence-electron chi connectivity index (χ4n) is 1.77. The van der Waals surface area contributed by atoms with Crippen molar-refractivity contribution in [2.75, 3.05) is 13.1 Å². The highest BCUT2D eigenvalue weighted by Gasteiger charge is 2.25. The van der Waals surface area contributed by atoms with E-state index in [4.69, 9.17) is 4.42 Å². The molecule has 1 aromatic heterocycles. The molecular formula is C13H23NO2. The lowest BCUT2D eigenvalue weighted by Gasteiger charge is -2.23. The zero-order valence-corrected chi connectivity index (χ0v) is 10.5. The zero-order valence-electron chi connectivity index (χ0n) is 10.5. The van der Waals surface area contributed by atoms with Crippen molar-refractivity contribution in [3.8, 4) is 0 Å². The average molecular weight is 225 g/mol. The van der Waals surface area contributed by atoms with Gasteiger partial charge in [-0.2, -0.15) is 0 Å². The summed E-state index contributed by atoms with van der Waals surface area (Å²) in [6.07, 6.45) is 3.93. The Morgan fingerprint density at radius 2 is 2.12 bits per heavy atom. The maximum absolute atomic E-state index is 10.2. The summed E-state index contributed by atoms with van der Waals surface area (Å²) in [5.41, 5.74) is -0.921. The van der Waals surface area contributed by atoms with Crippen LogP contribution in [0.3, 0.4) is 0 Å². The standard InChI is InChI=1S/C13H23NO2/c1-4-11(5-2)9-14-10-13(3,15)12-7-6-8-16-12/h6-8,11,14-15H,4-5,9-10H2,1-3H3/t13-/m1/s1. The van der Waals surface area contributed by atoms with Gasteiger partial charge >= 0.3 is 0 Å². The van der Waals surface area contributed by atoms with Gasteiger partial charge in [0.05, 0.1) is 6.26 Å². The summed E-state index contributed by atoms with van der Waals surface area (Å²) in [4.78, 5) is 0. The minimum Gasteiger partial charge on any atom is -0.466 e. The Balaban J connectivity index is 2.37. The van der Waals surface area contributed by atoms with Crippen LogP contribution in [0.15, 0.2) is 22.8 Å². The SMILES string of the molecule is CCC(CC)CNC[C@@](C)(O)c1ccco1. The summed E-state index contributed by atoms with van der Waals surface area (Å²) in [5.74, 6) is 1.30. The second-order valence-corrected chi connectivity index (χ2v) is 4.56. The van der Waals surface area contributed by atoms with Gasteiger partial charge in [-0.3, -0.25) is 0 Å². The molecule has 0 fully saturated rings.